The molecule has 2 aromatic carbocycles. The molecule has 0 atom stereocenters. The van der Waals surface area contributed by atoms with Crippen molar-refractivity contribution < 1.29 is 4.74 Å². The van der Waals surface area contributed by atoms with Crippen LogP contribution >= 0.6 is 0 Å². The second-order valence-corrected chi connectivity index (χ2v) is 6.34. The fourth-order valence-electron chi connectivity index (χ4n) is 3.64. The zero-order valence-corrected chi connectivity index (χ0v) is 13.3. The summed E-state index contributed by atoms with van der Waals surface area (Å²) in [6.45, 7) is 0. The molecule has 0 aromatic heterocycles. The second kappa shape index (κ2) is 6.87. The summed E-state index contributed by atoms with van der Waals surface area (Å²) in [7, 11) is 1.77. The van der Waals surface area contributed by atoms with Crippen molar-refractivity contribution in [3.05, 3.63) is 48.0 Å². The Hall–Kier alpha value is -1.96. The Morgan fingerprint density at radius 3 is 2.45 bits per heavy atom. The normalized spacial score (nSPS) is 15.7. The van der Waals surface area contributed by atoms with Gasteiger partial charge in [-0.25, -0.2) is 0 Å². The van der Waals surface area contributed by atoms with Crippen LogP contribution in [0.4, 0.5) is 5.69 Å². The number of hydrogen-bond acceptors (Lipinski definition) is 2. The van der Waals surface area contributed by atoms with Gasteiger partial charge in [-0.3, -0.25) is 0 Å². The molecule has 0 bridgehead atoms. The number of methoxy groups -OCH3 is 1. The van der Waals surface area contributed by atoms with Crippen molar-refractivity contribution in [2.45, 2.75) is 38.5 Å². The van der Waals surface area contributed by atoms with Crippen molar-refractivity contribution in [3.8, 4) is 16.9 Å². The average Bonchev–Trinajstić information content (AvgIpc) is 2.56. The summed E-state index contributed by atoms with van der Waals surface area (Å²) in [5.41, 5.74) is 10.5. The van der Waals surface area contributed by atoms with E-state index < -0.39 is 0 Å². The summed E-state index contributed by atoms with van der Waals surface area (Å²) in [6, 6.07) is 14.5. The van der Waals surface area contributed by atoms with Crippen molar-refractivity contribution >= 4 is 5.69 Å². The minimum absolute atomic E-state index is 0.771. The van der Waals surface area contributed by atoms with E-state index in [1.807, 2.05) is 12.1 Å². The highest BCUT2D eigenvalue weighted by molar-refractivity contribution is 5.76. The predicted molar refractivity (Wildman–Crippen MR) is 93.1 cm³/mol. The Labute approximate surface area is 133 Å². The van der Waals surface area contributed by atoms with Gasteiger partial charge in [0.15, 0.2) is 0 Å². The SMILES string of the molecule is COc1c(CC2CCCCC2)cc(N)cc1-c1ccccc1. The molecule has 0 unspecified atom stereocenters. The largest absolute Gasteiger partial charge is 0.496 e. The maximum Gasteiger partial charge on any atom is 0.130 e. The Balaban J connectivity index is 1.97. The molecule has 0 aliphatic heterocycles. The van der Waals surface area contributed by atoms with E-state index in [0.29, 0.717) is 0 Å². The Bertz CT molecular complexity index is 615. The van der Waals surface area contributed by atoms with Crippen molar-refractivity contribution in [3.63, 3.8) is 0 Å². The van der Waals surface area contributed by atoms with E-state index in [0.717, 1.165) is 34.9 Å². The molecule has 1 fully saturated rings. The number of ether oxygens (including phenoxy) is 1. The van der Waals surface area contributed by atoms with E-state index in [1.54, 1.807) is 7.11 Å². The van der Waals surface area contributed by atoms with Gasteiger partial charge in [-0.05, 0) is 35.6 Å². The maximum atomic E-state index is 6.17. The van der Waals surface area contributed by atoms with Gasteiger partial charge >= 0.3 is 0 Å². The molecule has 1 aliphatic carbocycles. The maximum absolute atomic E-state index is 6.17. The van der Waals surface area contributed by atoms with E-state index in [9.17, 15) is 0 Å². The topological polar surface area (TPSA) is 35.2 Å². The van der Waals surface area contributed by atoms with E-state index in [4.69, 9.17) is 10.5 Å². The molecule has 0 amide bonds. The molecule has 22 heavy (non-hydrogen) atoms. The lowest BCUT2D eigenvalue weighted by Gasteiger charge is -2.23. The van der Waals surface area contributed by atoms with Crippen LogP contribution in [0.1, 0.15) is 37.7 Å². The second-order valence-electron chi connectivity index (χ2n) is 6.34. The smallest absolute Gasteiger partial charge is 0.130 e. The van der Waals surface area contributed by atoms with E-state index in [1.165, 1.54) is 37.7 Å². The number of rotatable bonds is 4. The minimum Gasteiger partial charge on any atom is -0.496 e. The standard InChI is InChI=1S/C20H25NO/c1-22-20-17(12-15-8-4-2-5-9-15)13-18(21)14-19(20)16-10-6-3-7-11-16/h3,6-7,10-11,13-15H,2,4-5,8-9,12,21H2,1H3. The van der Waals surface area contributed by atoms with Gasteiger partial charge in [0.05, 0.1) is 7.11 Å². The molecule has 1 saturated carbocycles. The molecule has 2 nitrogen and oxygen atoms in total. The van der Waals surface area contributed by atoms with Gasteiger partial charge in [0.2, 0.25) is 0 Å². The van der Waals surface area contributed by atoms with Crippen molar-refractivity contribution in [2.75, 3.05) is 12.8 Å². The van der Waals surface area contributed by atoms with E-state index in [2.05, 4.69) is 30.3 Å². The zero-order chi connectivity index (χ0) is 15.4. The van der Waals surface area contributed by atoms with E-state index >= 15 is 0 Å². The third-order valence-electron chi connectivity index (χ3n) is 4.71. The number of hydrogen-bond donors (Lipinski definition) is 1. The molecule has 2 heteroatoms. The minimum atomic E-state index is 0.771. The molecule has 0 spiro atoms. The molecule has 116 valence electrons. The molecule has 0 heterocycles. The average molecular weight is 295 g/mol. The summed E-state index contributed by atoms with van der Waals surface area (Å²) < 4.78 is 5.77. The van der Waals surface area contributed by atoms with Crippen LogP contribution in [0.5, 0.6) is 5.75 Å². The summed E-state index contributed by atoms with van der Waals surface area (Å²) in [6.07, 6.45) is 7.85. The highest BCUT2D eigenvalue weighted by Gasteiger charge is 2.18. The number of nitrogens with two attached hydrogens (primary N) is 1. The highest BCUT2D eigenvalue weighted by atomic mass is 16.5. The number of anilines is 1. The molecule has 0 saturated heterocycles. The molecule has 1 aliphatic rings. The van der Waals surface area contributed by atoms with Crippen LogP contribution in [0.15, 0.2) is 42.5 Å². The molecule has 3 rings (SSSR count). The highest BCUT2D eigenvalue weighted by Crippen LogP contribution is 2.38. The van der Waals surface area contributed by atoms with Crippen molar-refractivity contribution in [2.24, 2.45) is 5.92 Å². The Morgan fingerprint density at radius 1 is 1.05 bits per heavy atom. The van der Waals surface area contributed by atoms with Gasteiger partial charge in [0, 0.05) is 11.3 Å². The fourth-order valence-corrected chi connectivity index (χ4v) is 3.64. The quantitative estimate of drug-likeness (QED) is 0.799. The van der Waals surface area contributed by atoms with Crippen LogP contribution in [0.25, 0.3) is 11.1 Å². The lowest BCUT2D eigenvalue weighted by Crippen LogP contribution is -2.10. The number of benzene rings is 2. The molecular weight excluding hydrogens is 270 g/mol. The fraction of sp³-hybridized carbons (Fsp3) is 0.400. The van der Waals surface area contributed by atoms with Crippen molar-refractivity contribution in [1.29, 1.82) is 0 Å². The summed E-state index contributed by atoms with van der Waals surface area (Å²) >= 11 is 0. The predicted octanol–water partition coefficient (Wildman–Crippen LogP) is 5.07. The van der Waals surface area contributed by atoms with Gasteiger partial charge in [-0.2, -0.15) is 0 Å². The van der Waals surface area contributed by atoms with Crippen LogP contribution in [0.2, 0.25) is 0 Å². The zero-order valence-electron chi connectivity index (χ0n) is 13.3. The van der Waals surface area contributed by atoms with Gasteiger partial charge in [-0.15, -0.1) is 0 Å². The Morgan fingerprint density at radius 2 is 1.77 bits per heavy atom. The lowest BCUT2D eigenvalue weighted by molar-refractivity contribution is 0.348. The van der Waals surface area contributed by atoms with Gasteiger partial charge < -0.3 is 10.5 Å². The third kappa shape index (κ3) is 3.27. The summed E-state index contributed by atoms with van der Waals surface area (Å²) in [4.78, 5) is 0. The van der Waals surface area contributed by atoms with Crippen LogP contribution < -0.4 is 10.5 Å². The first-order valence-electron chi connectivity index (χ1n) is 8.29. The molecule has 2 aromatic rings. The van der Waals surface area contributed by atoms with Crippen LogP contribution in [0, 0.1) is 5.92 Å². The third-order valence-corrected chi connectivity index (χ3v) is 4.71. The molecule has 0 radical (unpaired) electrons. The first kappa shape index (κ1) is 15.0. The Kier molecular flexibility index (Phi) is 4.67. The van der Waals surface area contributed by atoms with Gasteiger partial charge in [-0.1, -0.05) is 62.4 Å². The summed E-state index contributed by atoms with van der Waals surface area (Å²) in [5, 5.41) is 0. The lowest BCUT2D eigenvalue weighted by atomic mass is 9.84. The number of nitrogen functional groups attached to an aromatic ring is 1. The van der Waals surface area contributed by atoms with E-state index in [-0.39, 0.29) is 0 Å². The summed E-state index contributed by atoms with van der Waals surface area (Å²) in [5.74, 6) is 1.76. The van der Waals surface area contributed by atoms with Crippen molar-refractivity contribution in [1.82, 2.24) is 0 Å². The van der Waals surface area contributed by atoms with Gasteiger partial charge in [0.25, 0.3) is 0 Å². The van der Waals surface area contributed by atoms with Crippen LogP contribution in [0.3, 0.4) is 0 Å². The molecule has 2 N–H and O–H groups in total. The first-order valence-corrected chi connectivity index (χ1v) is 8.29. The monoisotopic (exact) mass is 295 g/mol. The van der Waals surface area contributed by atoms with Crippen LogP contribution in [-0.2, 0) is 6.42 Å². The first-order chi connectivity index (χ1) is 10.8. The van der Waals surface area contributed by atoms with Crippen LogP contribution in [-0.4, -0.2) is 7.11 Å². The van der Waals surface area contributed by atoms with Gasteiger partial charge in [0.1, 0.15) is 5.75 Å². The molecular formula is C20H25NO.